The van der Waals surface area contributed by atoms with Crippen molar-refractivity contribution in [2.75, 3.05) is 11.5 Å². The Kier molecular flexibility index (Phi) is 6.75. The molecule has 0 spiro atoms. The maximum absolute atomic E-state index is 12.9. The van der Waals surface area contributed by atoms with Crippen LogP contribution in [0.1, 0.15) is 11.1 Å². The first-order chi connectivity index (χ1) is 14.2. The van der Waals surface area contributed by atoms with E-state index in [9.17, 15) is 19.2 Å². The minimum absolute atomic E-state index is 0.194. The summed E-state index contributed by atoms with van der Waals surface area (Å²) in [7, 11) is 0. The van der Waals surface area contributed by atoms with Crippen molar-refractivity contribution in [2.24, 2.45) is 0 Å². The first kappa shape index (κ1) is 22.2. The quantitative estimate of drug-likeness (QED) is 0.297. The molecule has 4 amide bonds. The van der Waals surface area contributed by atoms with Crippen LogP contribution in [0.2, 0.25) is 0 Å². The second-order valence-corrected chi connectivity index (χ2v) is 8.61. The Labute approximate surface area is 198 Å². The van der Waals surface area contributed by atoms with Crippen LogP contribution >= 0.6 is 45.2 Å². The van der Waals surface area contributed by atoms with E-state index in [-0.39, 0.29) is 5.57 Å². The van der Waals surface area contributed by atoms with Crippen molar-refractivity contribution in [1.29, 1.82) is 0 Å². The Bertz CT molecular complexity index is 1070. The lowest BCUT2D eigenvalue weighted by molar-refractivity contribution is -0.139. The first-order valence-corrected chi connectivity index (χ1v) is 10.6. The Balaban J connectivity index is 1.96. The molecule has 10 heteroatoms. The van der Waals surface area contributed by atoms with Gasteiger partial charge in [0.15, 0.2) is 6.61 Å². The summed E-state index contributed by atoms with van der Waals surface area (Å²) in [6.45, 7) is 1.39. The van der Waals surface area contributed by atoms with Crippen molar-refractivity contribution >= 4 is 80.8 Å². The second kappa shape index (κ2) is 9.12. The summed E-state index contributed by atoms with van der Waals surface area (Å²) in [4.78, 5) is 49.2. The maximum Gasteiger partial charge on any atom is 0.341 e. The molecule has 0 aromatic heterocycles. The number of halogens is 2. The number of aliphatic carboxylic acids is 1. The molecule has 154 valence electrons. The zero-order chi connectivity index (χ0) is 22.0. The summed E-state index contributed by atoms with van der Waals surface area (Å²) in [6, 6.07) is 9.27. The molecule has 1 aliphatic rings. The molecule has 0 saturated carbocycles. The largest absolute Gasteiger partial charge is 0.480 e. The highest BCUT2D eigenvalue weighted by atomic mass is 127. The van der Waals surface area contributed by atoms with Gasteiger partial charge in [-0.3, -0.25) is 14.9 Å². The fraction of sp³-hybridized carbons (Fsp3) is 0.100. The number of carbonyl (C=O) groups excluding carboxylic acids is 3. The Hall–Kier alpha value is -2.48. The van der Waals surface area contributed by atoms with Gasteiger partial charge in [0.25, 0.3) is 11.8 Å². The van der Waals surface area contributed by atoms with E-state index in [1.54, 1.807) is 36.4 Å². The third kappa shape index (κ3) is 4.80. The lowest BCUT2D eigenvalue weighted by Gasteiger charge is -2.26. The lowest BCUT2D eigenvalue weighted by Crippen LogP contribution is -2.54. The summed E-state index contributed by atoms with van der Waals surface area (Å²) in [5.74, 6) is -2.22. The minimum atomic E-state index is -1.10. The standard InChI is InChI=1S/C20H14I2N2O6/c1-10-2-4-12(5-3-10)24-19(28)13(18(27)23-20(24)29)6-11-7-14(21)17(15(22)8-11)30-9-16(25)26/h2-8H,9H2,1H3,(H,25,26)(H,23,27,29). The highest BCUT2D eigenvalue weighted by molar-refractivity contribution is 14.1. The third-order valence-electron chi connectivity index (χ3n) is 4.07. The number of barbiturate groups is 1. The van der Waals surface area contributed by atoms with E-state index in [0.29, 0.717) is 24.1 Å². The highest BCUT2D eigenvalue weighted by Crippen LogP contribution is 2.30. The predicted molar refractivity (Wildman–Crippen MR) is 125 cm³/mol. The van der Waals surface area contributed by atoms with Gasteiger partial charge in [-0.25, -0.2) is 14.5 Å². The number of anilines is 1. The summed E-state index contributed by atoms with van der Waals surface area (Å²) >= 11 is 3.96. The second-order valence-electron chi connectivity index (χ2n) is 6.29. The molecule has 1 heterocycles. The molecule has 2 aromatic carbocycles. The molecule has 1 fully saturated rings. The number of carbonyl (C=O) groups is 4. The van der Waals surface area contributed by atoms with Crippen molar-refractivity contribution in [3.63, 3.8) is 0 Å². The van der Waals surface area contributed by atoms with Gasteiger partial charge in [-0.05, 0) is 88.0 Å². The van der Waals surface area contributed by atoms with Gasteiger partial charge >= 0.3 is 12.0 Å². The molecule has 1 aliphatic heterocycles. The number of hydrogen-bond donors (Lipinski definition) is 2. The molecule has 0 radical (unpaired) electrons. The van der Waals surface area contributed by atoms with Crippen LogP contribution in [-0.4, -0.2) is 35.5 Å². The SMILES string of the molecule is Cc1ccc(N2C(=O)NC(=O)C(=Cc3cc(I)c(OCC(=O)O)c(I)c3)C2=O)cc1. The van der Waals surface area contributed by atoms with Crippen LogP contribution in [0.4, 0.5) is 10.5 Å². The average molecular weight is 632 g/mol. The molecular formula is C20H14I2N2O6. The van der Waals surface area contributed by atoms with Gasteiger partial charge in [0.05, 0.1) is 12.8 Å². The molecule has 3 rings (SSSR count). The molecule has 2 N–H and O–H groups in total. The summed E-state index contributed by atoms with van der Waals surface area (Å²) in [5, 5.41) is 11.0. The minimum Gasteiger partial charge on any atom is -0.480 e. The van der Waals surface area contributed by atoms with Crippen molar-refractivity contribution < 1.29 is 29.0 Å². The summed E-state index contributed by atoms with van der Waals surface area (Å²) in [5.41, 5.74) is 1.65. The van der Waals surface area contributed by atoms with Crippen LogP contribution in [0, 0.1) is 14.1 Å². The Morgan fingerprint density at radius 2 is 1.73 bits per heavy atom. The molecule has 8 nitrogen and oxygen atoms in total. The fourth-order valence-electron chi connectivity index (χ4n) is 2.69. The zero-order valence-corrected chi connectivity index (χ0v) is 19.8. The molecule has 0 atom stereocenters. The molecule has 1 saturated heterocycles. The van der Waals surface area contributed by atoms with Crippen molar-refractivity contribution in [2.45, 2.75) is 6.92 Å². The number of hydrogen-bond acceptors (Lipinski definition) is 5. The fourth-order valence-corrected chi connectivity index (χ4v) is 4.81. The number of urea groups is 1. The predicted octanol–water partition coefficient (Wildman–Crippen LogP) is 3.33. The Morgan fingerprint density at radius 1 is 1.13 bits per heavy atom. The molecule has 2 aromatic rings. The van der Waals surface area contributed by atoms with E-state index < -0.39 is 30.4 Å². The van der Waals surface area contributed by atoms with Gasteiger partial charge < -0.3 is 9.84 Å². The smallest absolute Gasteiger partial charge is 0.341 e. The van der Waals surface area contributed by atoms with Crippen molar-refractivity contribution in [3.05, 3.63) is 60.2 Å². The number of amides is 4. The van der Waals surface area contributed by atoms with Crippen LogP contribution in [0.25, 0.3) is 6.08 Å². The molecule has 0 bridgehead atoms. The normalized spacial score (nSPS) is 15.4. The van der Waals surface area contributed by atoms with Crippen LogP contribution in [0.15, 0.2) is 42.0 Å². The van der Waals surface area contributed by atoms with E-state index in [2.05, 4.69) is 5.32 Å². The van der Waals surface area contributed by atoms with E-state index >= 15 is 0 Å². The van der Waals surface area contributed by atoms with Crippen LogP contribution in [0.3, 0.4) is 0 Å². The van der Waals surface area contributed by atoms with Crippen LogP contribution in [-0.2, 0) is 14.4 Å². The number of rotatable bonds is 5. The number of benzene rings is 2. The topological polar surface area (TPSA) is 113 Å². The molecule has 0 unspecified atom stereocenters. The van der Waals surface area contributed by atoms with E-state index in [0.717, 1.165) is 10.5 Å². The van der Waals surface area contributed by atoms with Gasteiger partial charge in [0.2, 0.25) is 0 Å². The number of aryl methyl sites for hydroxylation is 1. The molecular weight excluding hydrogens is 618 g/mol. The van der Waals surface area contributed by atoms with Gasteiger partial charge in [0.1, 0.15) is 11.3 Å². The van der Waals surface area contributed by atoms with Gasteiger partial charge in [0, 0.05) is 0 Å². The van der Waals surface area contributed by atoms with E-state index in [1.165, 1.54) is 6.08 Å². The Morgan fingerprint density at radius 3 is 2.30 bits per heavy atom. The summed E-state index contributed by atoms with van der Waals surface area (Å²) in [6.07, 6.45) is 1.39. The first-order valence-electron chi connectivity index (χ1n) is 8.49. The van der Waals surface area contributed by atoms with Gasteiger partial charge in [-0.15, -0.1) is 0 Å². The van der Waals surface area contributed by atoms with Gasteiger partial charge in [-0.2, -0.15) is 0 Å². The number of imide groups is 2. The average Bonchev–Trinajstić information content (AvgIpc) is 2.65. The van der Waals surface area contributed by atoms with E-state index in [4.69, 9.17) is 9.84 Å². The number of nitrogens with zero attached hydrogens (tertiary/aromatic N) is 1. The highest BCUT2D eigenvalue weighted by Gasteiger charge is 2.36. The number of carboxylic acids is 1. The van der Waals surface area contributed by atoms with Crippen LogP contribution in [0.5, 0.6) is 5.75 Å². The lowest BCUT2D eigenvalue weighted by atomic mass is 10.1. The van der Waals surface area contributed by atoms with Gasteiger partial charge in [-0.1, -0.05) is 17.7 Å². The number of nitrogens with one attached hydrogen (secondary N) is 1. The van der Waals surface area contributed by atoms with Crippen LogP contribution < -0.4 is 15.0 Å². The molecule has 0 aliphatic carbocycles. The molecule has 30 heavy (non-hydrogen) atoms. The maximum atomic E-state index is 12.9. The zero-order valence-electron chi connectivity index (χ0n) is 15.4. The third-order valence-corrected chi connectivity index (χ3v) is 5.67. The van der Waals surface area contributed by atoms with E-state index in [1.807, 2.05) is 52.1 Å². The van der Waals surface area contributed by atoms with Crippen molar-refractivity contribution in [3.8, 4) is 5.75 Å². The summed E-state index contributed by atoms with van der Waals surface area (Å²) < 4.78 is 6.51. The van der Waals surface area contributed by atoms with Crippen molar-refractivity contribution in [1.82, 2.24) is 5.32 Å². The number of ether oxygens (including phenoxy) is 1. The number of carboxylic acid groups (broad SMARTS) is 1. The monoisotopic (exact) mass is 632 g/mol.